The molecule has 0 aliphatic heterocycles. The molecule has 2 nitrogen and oxygen atoms in total. The summed E-state index contributed by atoms with van der Waals surface area (Å²) in [5.41, 5.74) is 0.170. The third-order valence-corrected chi connectivity index (χ3v) is 3.99. The number of hydrogen-bond donors (Lipinski definition) is 2. The van der Waals surface area contributed by atoms with Crippen LogP contribution in [0, 0.1) is 23.2 Å². The summed E-state index contributed by atoms with van der Waals surface area (Å²) in [4.78, 5) is 0. The second-order valence-corrected chi connectivity index (χ2v) is 7.62. The molecule has 2 N–H and O–H groups in total. The zero-order valence-corrected chi connectivity index (χ0v) is 15.2. The Hall–Kier alpha value is -0.0800. The highest BCUT2D eigenvalue weighted by Gasteiger charge is 2.22. The van der Waals surface area contributed by atoms with Gasteiger partial charge in [0.2, 0.25) is 0 Å². The van der Waals surface area contributed by atoms with Crippen LogP contribution < -0.4 is 0 Å². The SMILES string of the molecule is CC(C)[C@@H](C)C[C@H](C)O.CCCC(C)(CO)CC(C)C. The van der Waals surface area contributed by atoms with Crippen molar-refractivity contribution < 1.29 is 10.2 Å². The highest BCUT2D eigenvalue weighted by Crippen LogP contribution is 2.30. The molecule has 0 saturated carbocycles. The minimum atomic E-state index is -0.137. The van der Waals surface area contributed by atoms with Crippen LogP contribution in [0.1, 0.15) is 81.1 Å². The van der Waals surface area contributed by atoms with Crippen molar-refractivity contribution in [2.45, 2.75) is 87.2 Å². The Morgan fingerprint density at radius 3 is 1.70 bits per heavy atom. The van der Waals surface area contributed by atoms with Crippen molar-refractivity contribution in [3.63, 3.8) is 0 Å². The van der Waals surface area contributed by atoms with Gasteiger partial charge in [0, 0.05) is 6.61 Å². The molecule has 0 heterocycles. The van der Waals surface area contributed by atoms with Gasteiger partial charge in [0.05, 0.1) is 6.10 Å². The zero-order chi connectivity index (χ0) is 16.3. The summed E-state index contributed by atoms with van der Waals surface area (Å²) >= 11 is 0. The normalized spacial score (nSPS) is 17.4. The number of aliphatic hydroxyl groups is 2. The first kappa shape index (κ1) is 22.2. The molecule has 1 unspecified atom stereocenters. The summed E-state index contributed by atoms with van der Waals surface area (Å²) in [5.74, 6) is 2.03. The van der Waals surface area contributed by atoms with Crippen LogP contribution in [0.3, 0.4) is 0 Å². The third kappa shape index (κ3) is 12.9. The molecule has 0 aliphatic rings. The lowest BCUT2D eigenvalue weighted by Crippen LogP contribution is -2.23. The van der Waals surface area contributed by atoms with E-state index in [0.717, 1.165) is 19.3 Å². The van der Waals surface area contributed by atoms with Gasteiger partial charge in [-0.15, -0.1) is 0 Å². The molecule has 0 amide bonds. The van der Waals surface area contributed by atoms with Crippen LogP contribution in [0.5, 0.6) is 0 Å². The molecule has 3 atom stereocenters. The fourth-order valence-electron chi connectivity index (χ4n) is 2.65. The maximum Gasteiger partial charge on any atom is 0.0514 e. The van der Waals surface area contributed by atoms with E-state index in [4.69, 9.17) is 10.2 Å². The maximum absolute atomic E-state index is 9.17. The van der Waals surface area contributed by atoms with Gasteiger partial charge in [-0.3, -0.25) is 0 Å². The van der Waals surface area contributed by atoms with Crippen LogP contribution in [0.2, 0.25) is 0 Å². The standard InChI is InChI=1S/C10H22O.C8H18O/c1-5-6-10(4,8-11)7-9(2)3;1-6(2)7(3)5-8(4)9/h9,11H,5-8H2,1-4H3;6-9H,5H2,1-4H3/t;7-,8-/m.0/s1. The Balaban J connectivity index is 0. The quantitative estimate of drug-likeness (QED) is 0.668. The van der Waals surface area contributed by atoms with Crippen LogP contribution in [0.25, 0.3) is 0 Å². The Morgan fingerprint density at radius 1 is 1.00 bits per heavy atom. The molecule has 0 bridgehead atoms. The van der Waals surface area contributed by atoms with Gasteiger partial charge in [0.15, 0.2) is 0 Å². The highest BCUT2D eigenvalue weighted by molar-refractivity contribution is 4.73. The molecular formula is C18H40O2. The molecule has 0 saturated heterocycles. The van der Waals surface area contributed by atoms with Crippen molar-refractivity contribution in [3.8, 4) is 0 Å². The minimum Gasteiger partial charge on any atom is -0.396 e. The van der Waals surface area contributed by atoms with Gasteiger partial charge in [-0.05, 0) is 49.4 Å². The lowest BCUT2D eigenvalue weighted by atomic mass is 9.79. The molecule has 20 heavy (non-hydrogen) atoms. The number of rotatable bonds is 8. The summed E-state index contributed by atoms with van der Waals surface area (Å²) in [6.45, 7) is 17.5. The molecule has 0 spiro atoms. The van der Waals surface area contributed by atoms with Crippen LogP contribution >= 0.6 is 0 Å². The molecule has 0 aromatic heterocycles. The molecule has 0 fully saturated rings. The fraction of sp³-hybridized carbons (Fsp3) is 1.00. The Bertz CT molecular complexity index is 211. The third-order valence-electron chi connectivity index (χ3n) is 3.99. The fourth-order valence-corrected chi connectivity index (χ4v) is 2.65. The zero-order valence-electron chi connectivity index (χ0n) is 15.2. The van der Waals surface area contributed by atoms with Crippen LogP contribution in [0.4, 0.5) is 0 Å². The van der Waals surface area contributed by atoms with E-state index < -0.39 is 0 Å². The van der Waals surface area contributed by atoms with Crippen molar-refractivity contribution in [1.29, 1.82) is 0 Å². The molecule has 0 aromatic carbocycles. The maximum atomic E-state index is 9.17. The van der Waals surface area contributed by atoms with Crippen LogP contribution in [0.15, 0.2) is 0 Å². The van der Waals surface area contributed by atoms with E-state index in [-0.39, 0.29) is 11.5 Å². The van der Waals surface area contributed by atoms with Gasteiger partial charge in [-0.2, -0.15) is 0 Å². The molecular weight excluding hydrogens is 248 g/mol. The summed E-state index contributed by atoms with van der Waals surface area (Å²) in [6.07, 6.45) is 4.24. The molecule has 2 heteroatoms. The van der Waals surface area contributed by atoms with Gasteiger partial charge in [0.1, 0.15) is 0 Å². The molecule has 124 valence electrons. The smallest absolute Gasteiger partial charge is 0.0514 e. The minimum absolute atomic E-state index is 0.137. The predicted octanol–water partition coefficient (Wildman–Crippen LogP) is 4.88. The van der Waals surface area contributed by atoms with Crippen molar-refractivity contribution in [2.75, 3.05) is 6.61 Å². The Morgan fingerprint density at radius 2 is 1.50 bits per heavy atom. The van der Waals surface area contributed by atoms with Gasteiger partial charge in [-0.1, -0.05) is 54.9 Å². The van der Waals surface area contributed by atoms with E-state index >= 15 is 0 Å². The van der Waals surface area contributed by atoms with E-state index in [2.05, 4.69) is 48.5 Å². The largest absolute Gasteiger partial charge is 0.396 e. The van der Waals surface area contributed by atoms with Crippen molar-refractivity contribution in [2.24, 2.45) is 23.2 Å². The van der Waals surface area contributed by atoms with Gasteiger partial charge >= 0.3 is 0 Å². The van der Waals surface area contributed by atoms with Gasteiger partial charge in [-0.25, -0.2) is 0 Å². The average molecular weight is 289 g/mol. The first-order chi connectivity index (χ1) is 9.07. The molecule has 0 aromatic rings. The van der Waals surface area contributed by atoms with Crippen molar-refractivity contribution >= 4 is 0 Å². The lowest BCUT2D eigenvalue weighted by Gasteiger charge is -2.28. The second kappa shape index (κ2) is 11.6. The first-order valence-corrected chi connectivity index (χ1v) is 8.36. The van der Waals surface area contributed by atoms with Crippen LogP contribution in [-0.4, -0.2) is 22.9 Å². The lowest BCUT2D eigenvalue weighted by molar-refractivity contribution is 0.108. The van der Waals surface area contributed by atoms with Gasteiger partial charge < -0.3 is 10.2 Å². The highest BCUT2D eigenvalue weighted by atomic mass is 16.3. The summed E-state index contributed by atoms with van der Waals surface area (Å²) in [5, 5.41) is 18.1. The second-order valence-electron chi connectivity index (χ2n) is 7.62. The predicted molar refractivity (Wildman–Crippen MR) is 89.9 cm³/mol. The average Bonchev–Trinajstić information content (AvgIpc) is 2.28. The summed E-state index contributed by atoms with van der Waals surface area (Å²) in [6, 6.07) is 0. The van der Waals surface area contributed by atoms with Crippen molar-refractivity contribution in [1.82, 2.24) is 0 Å². The number of hydrogen-bond acceptors (Lipinski definition) is 2. The molecule has 0 radical (unpaired) electrons. The molecule has 0 rings (SSSR count). The van der Waals surface area contributed by atoms with Gasteiger partial charge in [0.25, 0.3) is 0 Å². The van der Waals surface area contributed by atoms with E-state index in [1.54, 1.807) is 0 Å². The van der Waals surface area contributed by atoms with E-state index in [0.29, 0.717) is 24.4 Å². The van der Waals surface area contributed by atoms with E-state index in [1.807, 2.05) is 6.92 Å². The van der Waals surface area contributed by atoms with E-state index in [1.165, 1.54) is 6.42 Å². The van der Waals surface area contributed by atoms with Crippen molar-refractivity contribution in [3.05, 3.63) is 0 Å². The van der Waals surface area contributed by atoms with Crippen LogP contribution in [-0.2, 0) is 0 Å². The Labute approximate surface area is 128 Å². The summed E-state index contributed by atoms with van der Waals surface area (Å²) in [7, 11) is 0. The van der Waals surface area contributed by atoms with E-state index in [9.17, 15) is 0 Å². The molecule has 0 aliphatic carbocycles. The first-order valence-electron chi connectivity index (χ1n) is 8.36. The Kier molecular flexibility index (Phi) is 12.8. The monoisotopic (exact) mass is 288 g/mol. The summed E-state index contributed by atoms with van der Waals surface area (Å²) < 4.78 is 0. The topological polar surface area (TPSA) is 40.5 Å². The number of aliphatic hydroxyl groups excluding tert-OH is 2.